The van der Waals surface area contributed by atoms with Gasteiger partial charge in [-0.05, 0) is 51.5 Å². The molecule has 2 N–H and O–H groups in total. The Hall–Kier alpha value is -0.560. The Bertz CT molecular complexity index is 305. The van der Waals surface area contributed by atoms with Crippen molar-refractivity contribution in [2.75, 3.05) is 0 Å². The fourth-order valence-corrected chi connectivity index (χ4v) is 2.45. The summed E-state index contributed by atoms with van der Waals surface area (Å²) < 4.78 is 0. The maximum Gasteiger partial charge on any atom is 0.0907 e. The molecule has 0 radical (unpaired) electrons. The highest BCUT2D eigenvalue weighted by molar-refractivity contribution is 5.25. The Labute approximate surface area is 98.7 Å². The molecule has 0 amide bonds. The van der Waals surface area contributed by atoms with Crippen molar-refractivity contribution >= 4 is 0 Å². The van der Waals surface area contributed by atoms with Gasteiger partial charge in [0.2, 0.25) is 0 Å². The van der Waals surface area contributed by atoms with Gasteiger partial charge >= 0.3 is 0 Å². The third-order valence-corrected chi connectivity index (χ3v) is 3.25. The van der Waals surface area contributed by atoms with Gasteiger partial charge in [0.15, 0.2) is 0 Å². The second kappa shape index (κ2) is 4.03. The van der Waals surface area contributed by atoms with Crippen molar-refractivity contribution in [1.82, 2.24) is 0 Å². The monoisotopic (exact) mass is 224 g/mol. The SMILES string of the molecule is CC(C)(O)C=C=C1C(C)(C)CCCC1(C)O. The second-order valence-corrected chi connectivity index (χ2v) is 6.33. The number of hydrogen-bond donors (Lipinski definition) is 2. The molecule has 1 rings (SSSR count). The Kier molecular flexibility index (Phi) is 3.40. The third-order valence-electron chi connectivity index (χ3n) is 3.25. The number of rotatable bonds is 1. The molecule has 1 fully saturated rings. The lowest BCUT2D eigenvalue weighted by Gasteiger charge is -2.41. The summed E-state index contributed by atoms with van der Waals surface area (Å²) in [7, 11) is 0. The molecule has 0 bridgehead atoms. The normalized spacial score (nSPS) is 29.8. The average Bonchev–Trinajstić information content (AvgIpc) is 1.97. The van der Waals surface area contributed by atoms with Crippen molar-refractivity contribution < 1.29 is 10.2 Å². The second-order valence-electron chi connectivity index (χ2n) is 6.33. The lowest BCUT2D eigenvalue weighted by molar-refractivity contribution is 0.0399. The fourth-order valence-electron chi connectivity index (χ4n) is 2.45. The van der Waals surface area contributed by atoms with Crippen LogP contribution >= 0.6 is 0 Å². The number of hydrogen-bond acceptors (Lipinski definition) is 2. The highest BCUT2D eigenvalue weighted by Gasteiger charge is 2.40. The highest BCUT2D eigenvalue weighted by atomic mass is 16.3. The summed E-state index contributed by atoms with van der Waals surface area (Å²) in [5, 5.41) is 20.0. The smallest absolute Gasteiger partial charge is 0.0907 e. The molecule has 0 saturated heterocycles. The Morgan fingerprint density at radius 2 is 1.81 bits per heavy atom. The minimum absolute atomic E-state index is 0.0382. The lowest BCUT2D eigenvalue weighted by atomic mass is 9.66. The first-order valence-corrected chi connectivity index (χ1v) is 5.98. The summed E-state index contributed by atoms with van der Waals surface area (Å²) in [6.45, 7) is 9.52. The van der Waals surface area contributed by atoms with E-state index in [0.29, 0.717) is 0 Å². The van der Waals surface area contributed by atoms with Gasteiger partial charge in [0.25, 0.3) is 0 Å². The van der Waals surface area contributed by atoms with Crippen LogP contribution in [0.2, 0.25) is 0 Å². The molecule has 1 aliphatic rings. The molecule has 0 aromatic heterocycles. The van der Waals surface area contributed by atoms with Gasteiger partial charge in [-0.15, -0.1) is 5.73 Å². The Morgan fingerprint density at radius 3 is 2.25 bits per heavy atom. The van der Waals surface area contributed by atoms with Gasteiger partial charge in [-0.3, -0.25) is 0 Å². The predicted molar refractivity (Wildman–Crippen MR) is 66.1 cm³/mol. The average molecular weight is 224 g/mol. The van der Waals surface area contributed by atoms with Crippen LogP contribution in [0.3, 0.4) is 0 Å². The van der Waals surface area contributed by atoms with E-state index in [-0.39, 0.29) is 5.41 Å². The van der Waals surface area contributed by atoms with Crippen LogP contribution in [0.15, 0.2) is 17.4 Å². The molecule has 1 unspecified atom stereocenters. The van der Waals surface area contributed by atoms with Crippen LogP contribution in [0.25, 0.3) is 0 Å². The van der Waals surface area contributed by atoms with Crippen molar-refractivity contribution in [1.29, 1.82) is 0 Å². The van der Waals surface area contributed by atoms with E-state index in [9.17, 15) is 10.2 Å². The van der Waals surface area contributed by atoms with Crippen LogP contribution in [0.1, 0.15) is 53.9 Å². The molecular formula is C14H24O2. The molecule has 0 aromatic rings. The topological polar surface area (TPSA) is 40.5 Å². The molecule has 2 heteroatoms. The third kappa shape index (κ3) is 3.21. The zero-order valence-corrected chi connectivity index (χ0v) is 11.1. The van der Waals surface area contributed by atoms with E-state index in [1.807, 2.05) is 6.92 Å². The molecule has 2 nitrogen and oxygen atoms in total. The van der Waals surface area contributed by atoms with Gasteiger partial charge in [-0.25, -0.2) is 0 Å². The quantitative estimate of drug-likeness (QED) is 0.672. The van der Waals surface area contributed by atoms with Crippen molar-refractivity contribution in [3.05, 3.63) is 17.4 Å². The Balaban J connectivity index is 3.19. The molecule has 0 spiro atoms. The van der Waals surface area contributed by atoms with E-state index < -0.39 is 11.2 Å². The van der Waals surface area contributed by atoms with Gasteiger partial charge in [0, 0.05) is 5.57 Å². The van der Waals surface area contributed by atoms with E-state index in [2.05, 4.69) is 19.6 Å². The van der Waals surface area contributed by atoms with E-state index in [4.69, 9.17) is 0 Å². The first kappa shape index (κ1) is 13.5. The predicted octanol–water partition coefficient (Wildman–Crippen LogP) is 2.80. The molecule has 0 aliphatic heterocycles. The van der Waals surface area contributed by atoms with E-state index >= 15 is 0 Å². The zero-order chi connectivity index (χ0) is 12.6. The standard InChI is InChI=1S/C14H24O2/c1-12(2)8-6-9-14(5,16)11(12)7-10-13(3,4)15/h10,15-16H,6,8-9H2,1-5H3. The minimum atomic E-state index is -0.878. The van der Waals surface area contributed by atoms with Crippen LogP contribution in [0, 0.1) is 5.41 Å². The van der Waals surface area contributed by atoms with Crippen molar-refractivity contribution in [2.24, 2.45) is 5.41 Å². The highest BCUT2D eigenvalue weighted by Crippen LogP contribution is 2.45. The molecule has 16 heavy (non-hydrogen) atoms. The summed E-state index contributed by atoms with van der Waals surface area (Å²) in [5.74, 6) is 0. The van der Waals surface area contributed by atoms with E-state index in [1.165, 1.54) is 0 Å². The zero-order valence-electron chi connectivity index (χ0n) is 11.1. The van der Waals surface area contributed by atoms with Crippen molar-refractivity contribution in [3.8, 4) is 0 Å². The van der Waals surface area contributed by atoms with Gasteiger partial charge in [0.1, 0.15) is 0 Å². The van der Waals surface area contributed by atoms with Crippen LogP contribution in [0.4, 0.5) is 0 Å². The molecule has 92 valence electrons. The molecule has 1 saturated carbocycles. The fraction of sp³-hybridized carbons (Fsp3) is 0.786. The molecule has 0 aromatic carbocycles. The van der Waals surface area contributed by atoms with Gasteiger partial charge in [-0.1, -0.05) is 13.8 Å². The van der Waals surface area contributed by atoms with Gasteiger partial charge in [0.05, 0.1) is 11.2 Å². The summed E-state index contributed by atoms with van der Waals surface area (Å²) in [5.41, 5.74) is 2.34. The molecule has 0 heterocycles. The Morgan fingerprint density at radius 1 is 1.25 bits per heavy atom. The van der Waals surface area contributed by atoms with Gasteiger partial charge in [-0.2, -0.15) is 0 Å². The van der Waals surface area contributed by atoms with Crippen molar-refractivity contribution in [2.45, 2.75) is 65.1 Å². The largest absolute Gasteiger partial charge is 0.386 e. The van der Waals surface area contributed by atoms with Crippen LogP contribution in [-0.4, -0.2) is 21.4 Å². The van der Waals surface area contributed by atoms with Crippen LogP contribution in [0.5, 0.6) is 0 Å². The maximum absolute atomic E-state index is 10.4. The summed E-state index contributed by atoms with van der Waals surface area (Å²) in [6.07, 6.45) is 4.52. The summed E-state index contributed by atoms with van der Waals surface area (Å²) >= 11 is 0. The van der Waals surface area contributed by atoms with E-state index in [0.717, 1.165) is 24.8 Å². The first-order chi connectivity index (χ1) is 7.05. The summed E-state index contributed by atoms with van der Waals surface area (Å²) in [6, 6.07) is 0. The van der Waals surface area contributed by atoms with E-state index in [1.54, 1.807) is 19.9 Å². The van der Waals surface area contributed by atoms with Gasteiger partial charge < -0.3 is 10.2 Å². The van der Waals surface area contributed by atoms with Crippen molar-refractivity contribution in [3.63, 3.8) is 0 Å². The first-order valence-electron chi connectivity index (χ1n) is 5.98. The summed E-state index contributed by atoms with van der Waals surface area (Å²) in [4.78, 5) is 0. The number of aliphatic hydroxyl groups is 2. The molecule has 1 aliphatic carbocycles. The lowest BCUT2D eigenvalue weighted by Crippen LogP contribution is -2.39. The minimum Gasteiger partial charge on any atom is -0.386 e. The molecule has 1 atom stereocenters. The molecular weight excluding hydrogens is 200 g/mol. The van der Waals surface area contributed by atoms with Crippen LogP contribution < -0.4 is 0 Å². The maximum atomic E-state index is 10.4. The van der Waals surface area contributed by atoms with Crippen LogP contribution in [-0.2, 0) is 0 Å².